The van der Waals surface area contributed by atoms with Crippen LogP contribution >= 0.6 is 11.6 Å². The van der Waals surface area contributed by atoms with Gasteiger partial charge in [0.15, 0.2) is 5.58 Å². The molecule has 3 heterocycles. The van der Waals surface area contributed by atoms with E-state index in [0.29, 0.717) is 34.4 Å². The summed E-state index contributed by atoms with van der Waals surface area (Å²) < 4.78 is 7.92. The predicted molar refractivity (Wildman–Crippen MR) is 133 cm³/mol. The first-order valence-electron chi connectivity index (χ1n) is 10.9. The fraction of sp³-hybridized carbons (Fsp3) is 0.160. The molecule has 0 saturated carbocycles. The van der Waals surface area contributed by atoms with Crippen LogP contribution in [0.2, 0.25) is 5.02 Å². The molecule has 0 aliphatic heterocycles. The lowest BCUT2D eigenvalue weighted by Gasteiger charge is -2.12. The van der Waals surface area contributed by atoms with E-state index in [1.165, 1.54) is 6.33 Å². The average molecular weight is 473 g/mol. The molecular weight excluding hydrogens is 452 g/mol. The summed E-state index contributed by atoms with van der Waals surface area (Å²) in [6.45, 7) is 1.94. The highest BCUT2D eigenvalue weighted by molar-refractivity contribution is 6.31. The van der Waals surface area contributed by atoms with E-state index in [-0.39, 0.29) is 6.04 Å². The third kappa shape index (κ3) is 3.48. The quantitative estimate of drug-likeness (QED) is 0.300. The van der Waals surface area contributed by atoms with Crippen molar-refractivity contribution in [2.24, 2.45) is 0 Å². The second kappa shape index (κ2) is 7.86. The smallest absolute Gasteiger partial charge is 0.300 e. The minimum Gasteiger partial charge on any atom is -0.423 e. The molecule has 34 heavy (non-hydrogen) atoms. The monoisotopic (exact) mass is 472 g/mol. The van der Waals surface area contributed by atoms with Crippen molar-refractivity contribution in [1.29, 1.82) is 0 Å². The summed E-state index contributed by atoms with van der Waals surface area (Å²) in [5, 5.41) is 14.6. The van der Waals surface area contributed by atoms with Crippen LogP contribution in [0, 0.1) is 6.92 Å². The molecule has 0 radical (unpaired) electrons. The zero-order valence-corrected chi connectivity index (χ0v) is 19.0. The number of hydrogen-bond donors (Lipinski definition) is 3. The SMILES string of the molecule is Cc1cc(Cl)cc2nc(Nc3ccc(-c4cn([C@@H]5C=C[C@H](O)C5)c5ncnc(N)c45)cc3)oc12. The maximum absolute atomic E-state index is 9.95. The Morgan fingerprint density at radius 2 is 2.00 bits per heavy atom. The van der Waals surface area contributed by atoms with Gasteiger partial charge in [-0.05, 0) is 42.3 Å². The highest BCUT2D eigenvalue weighted by Gasteiger charge is 2.23. The molecule has 0 amide bonds. The maximum Gasteiger partial charge on any atom is 0.300 e. The standard InChI is InChI=1S/C25H21ClN6O2/c1-13-8-15(26)9-20-22(13)34-25(31-20)30-16-4-2-14(3-5-16)19-11-32(17-6-7-18(33)10-17)24-21(19)23(27)28-12-29-24/h2-9,11-12,17-18,33H,10H2,1H3,(H,30,31)(H2,27,28,29)/t17-,18+/m1/s1. The number of benzene rings is 2. The van der Waals surface area contributed by atoms with Crippen LogP contribution in [-0.2, 0) is 0 Å². The van der Waals surface area contributed by atoms with Crippen LogP contribution in [-0.4, -0.2) is 30.7 Å². The van der Waals surface area contributed by atoms with Gasteiger partial charge in [-0.2, -0.15) is 4.98 Å². The Kier molecular flexibility index (Phi) is 4.79. The van der Waals surface area contributed by atoms with Gasteiger partial charge in [-0.1, -0.05) is 35.9 Å². The first-order chi connectivity index (χ1) is 16.5. The first kappa shape index (κ1) is 20.7. The van der Waals surface area contributed by atoms with Gasteiger partial charge < -0.3 is 25.1 Å². The Balaban J connectivity index is 1.34. The van der Waals surface area contributed by atoms with E-state index in [9.17, 15) is 5.11 Å². The van der Waals surface area contributed by atoms with Crippen LogP contribution in [0.15, 0.2) is 65.5 Å². The first-order valence-corrected chi connectivity index (χ1v) is 11.3. The van der Waals surface area contributed by atoms with Crippen LogP contribution in [0.3, 0.4) is 0 Å². The number of halogens is 1. The van der Waals surface area contributed by atoms with Gasteiger partial charge in [0.25, 0.3) is 6.01 Å². The van der Waals surface area contributed by atoms with Crippen molar-refractivity contribution in [3.05, 3.63) is 71.7 Å². The summed E-state index contributed by atoms with van der Waals surface area (Å²) in [5.41, 5.74) is 12.1. The fourth-order valence-electron chi connectivity index (χ4n) is 4.51. The zero-order valence-electron chi connectivity index (χ0n) is 18.2. The van der Waals surface area contributed by atoms with Crippen molar-refractivity contribution in [3.8, 4) is 11.1 Å². The summed E-state index contributed by atoms with van der Waals surface area (Å²) in [5.74, 6) is 0.420. The molecule has 2 aromatic carbocycles. The van der Waals surface area contributed by atoms with Crippen LogP contribution in [0.25, 0.3) is 33.3 Å². The molecule has 8 nitrogen and oxygen atoms in total. The lowest BCUT2D eigenvalue weighted by molar-refractivity contribution is 0.211. The number of aryl methyl sites for hydroxylation is 1. The van der Waals surface area contributed by atoms with Gasteiger partial charge in [-0.25, -0.2) is 9.97 Å². The van der Waals surface area contributed by atoms with Crippen molar-refractivity contribution < 1.29 is 9.52 Å². The molecule has 0 unspecified atom stereocenters. The second-order valence-corrected chi connectivity index (χ2v) is 8.89. The fourth-order valence-corrected chi connectivity index (χ4v) is 4.78. The van der Waals surface area contributed by atoms with Gasteiger partial charge in [0.2, 0.25) is 0 Å². The number of rotatable bonds is 4. The number of aliphatic hydroxyl groups is 1. The average Bonchev–Trinajstić information content (AvgIpc) is 3.51. The van der Waals surface area contributed by atoms with Crippen LogP contribution < -0.4 is 11.1 Å². The molecule has 170 valence electrons. The molecular formula is C25H21ClN6O2. The minimum absolute atomic E-state index is 0.0117. The van der Waals surface area contributed by atoms with Gasteiger partial charge in [0.05, 0.1) is 17.5 Å². The van der Waals surface area contributed by atoms with Crippen molar-refractivity contribution in [3.63, 3.8) is 0 Å². The van der Waals surface area contributed by atoms with Crippen molar-refractivity contribution in [2.45, 2.75) is 25.5 Å². The number of aliphatic hydroxyl groups excluding tert-OH is 1. The third-order valence-corrected chi connectivity index (χ3v) is 6.34. The number of fused-ring (bicyclic) bond motifs is 2. The molecule has 0 fully saturated rings. The van der Waals surface area contributed by atoms with E-state index in [2.05, 4.69) is 20.3 Å². The molecule has 0 saturated heterocycles. The largest absolute Gasteiger partial charge is 0.423 e. The Morgan fingerprint density at radius 3 is 2.76 bits per heavy atom. The topological polar surface area (TPSA) is 115 Å². The van der Waals surface area contributed by atoms with Crippen LogP contribution in [0.5, 0.6) is 0 Å². The van der Waals surface area contributed by atoms with E-state index < -0.39 is 6.10 Å². The number of hydrogen-bond acceptors (Lipinski definition) is 7. The molecule has 2 atom stereocenters. The summed E-state index contributed by atoms with van der Waals surface area (Å²) in [6, 6.07) is 11.9. The number of nitrogens with two attached hydrogens (primary N) is 1. The maximum atomic E-state index is 9.95. The normalized spacial score (nSPS) is 17.7. The Morgan fingerprint density at radius 1 is 1.18 bits per heavy atom. The minimum atomic E-state index is -0.456. The molecule has 9 heteroatoms. The molecule has 5 aromatic rings. The van der Waals surface area contributed by atoms with Gasteiger partial charge in [0.1, 0.15) is 23.3 Å². The lowest BCUT2D eigenvalue weighted by Crippen LogP contribution is -2.08. The van der Waals surface area contributed by atoms with E-state index in [1.807, 2.05) is 60.2 Å². The van der Waals surface area contributed by atoms with Gasteiger partial charge in [-0.3, -0.25) is 0 Å². The summed E-state index contributed by atoms with van der Waals surface area (Å²) in [4.78, 5) is 13.2. The number of allylic oxidation sites excluding steroid dienone is 1. The number of nitrogens with one attached hydrogen (secondary N) is 1. The van der Waals surface area contributed by atoms with E-state index >= 15 is 0 Å². The third-order valence-electron chi connectivity index (χ3n) is 6.12. The number of nitrogens with zero attached hydrogens (tertiary/aromatic N) is 4. The number of oxazole rings is 1. The lowest BCUT2D eigenvalue weighted by atomic mass is 10.1. The highest BCUT2D eigenvalue weighted by Crippen LogP contribution is 2.37. The number of nitrogen functional groups attached to an aromatic ring is 1. The van der Waals surface area contributed by atoms with Crippen LogP contribution in [0.4, 0.5) is 17.5 Å². The number of aromatic nitrogens is 4. The zero-order chi connectivity index (χ0) is 23.4. The van der Waals surface area contributed by atoms with Gasteiger partial charge >= 0.3 is 0 Å². The van der Waals surface area contributed by atoms with E-state index in [0.717, 1.165) is 33.4 Å². The number of anilines is 3. The summed E-state index contributed by atoms with van der Waals surface area (Å²) in [6.07, 6.45) is 7.44. The predicted octanol–water partition coefficient (Wildman–Crippen LogP) is 5.39. The van der Waals surface area contributed by atoms with Gasteiger partial charge in [0, 0.05) is 28.9 Å². The van der Waals surface area contributed by atoms with Crippen molar-refractivity contribution in [1.82, 2.24) is 19.5 Å². The molecule has 0 bridgehead atoms. The van der Waals surface area contributed by atoms with Crippen molar-refractivity contribution >= 4 is 51.3 Å². The molecule has 3 aromatic heterocycles. The Bertz CT molecular complexity index is 1570. The van der Waals surface area contributed by atoms with E-state index in [4.69, 9.17) is 21.8 Å². The summed E-state index contributed by atoms with van der Waals surface area (Å²) in [7, 11) is 0. The molecule has 1 aliphatic rings. The van der Waals surface area contributed by atoms with E-state index in [1.54, 1.807) is 6.07 Å². The second-order valence-electron chi connectivity index (χ2n) is 8.46. The highest BCUT2D eigenvalue weighted by atomic mass is 35.5. The molecule has 4 N–H and O–H groups in total. The molecule has 0 spiro atoms. The Hall–Kier alpha value is -3.88. The van der Waals surface area contributed by atoms with Crippen molar-refractivity contribution in [2.75, 3.05) is 11.1 Å². The Labute approximate surface area is 199 Å². The molecule has 6 rings (SSSR count). The van der Waals surface area contributed by atoms with Crippen LogP contribution in [0.1, 0.15) is 18.0 Å². The molecule has 1 aliphatic carbocycles. The van der Waals surface area contributed by atoms with Gasteiger partial charge in [-0.15, -0.1) is 0 Å². The summed E-state index contributed by atoms with van der Waals surface area (Å²) >= 11 is 6.13.